The molecule has 0 aliphatic heterocycles. The first-order chi connectivity index (χ1) is 12.8. The van der Waals surface area contributed by atoms with Crippen molar-refractivity contribution in [1.82, 2.24) is 10.3 Å². The van der Waals surface area contributed by atoms with Crippen molar-refractivity contribution in [3.8, 4) is 0 Å². The van der Waals surface area contributed by atoms with Crippen LogP contribution in [0.5, 0.6) is 0 Å². The van der Waals surface area contributed by atoms with E-state index in [0.717, 1.165) is 28.4 Å². The van der Waals surface area contributed by atoms with E-state index < -0.39 is 5.41 Å². The Morgan fingerprint density at radius 2 is 1.93 bits per heavy atom. The summed E-state index contributed by atoms with van der Waals surface area (Å²) in [5, 5.41) is 8.30. The number of aromatic nitrogens is 1. The van der Waals surface area contributed by atoms with Crippen molar-refractivity contribution in [2.24, 2.45) is 5.41 Å². The summed E-state index contributed by atoms with van der Waals surface area (Å²) in [6, 6.07) is 11.8. The van der Waals surface area contributed by atoms with Gasteiger partial charge in [0.15, 0.2) is 0 Å². The molecule has 3 rings (SSSR count). The van der Waals surface area contributed by atoms with E-state index >= 15 is 0 Å². The Balaban J connectivity index is 1.81. The average molecular weight is 400 g/mol. The highest BCUT2D eigenvalue weighted by atomic mass is 32.1. The largest absolute Gasteiger partial charge is 0.399 e. The lowest BCUT2D eigenvalue weighted by Gasteiger charge is -2.23. The van der Waals surface area contributed by atoms with E-state index in [2.05, 4.69) is 28.2 Å². The summed E-state index contributed by atoms with van der Waals surface area (Å²) in [6.07, 6.45) is 1.52. The van der Waals surface area contributed by atoms with Gasteiger partial charge in [-0.25, -0.2) is 4.98 Å². The molecule has 0 radical (unpaired) electrons. The second-order valence-electron chi connectivity index (χ2n) is 7.65. The van der Waals surface area contributed by atoms with Crippen molar-refractivity contribution in [3.63, 3.8) is 0 Å². The van der Waals surface area contributed by atoms with Gasteiger partial charge in [0, 0.05) is 27.8 Å². The van der Waals surface area contributed by atoms with Crippen molar-refractivity contribution >= 4 is 34.3 Å². The van der Waals surface area contributed by atoms with Crippen molar-refractivity contribution < 1.29 is 4.79 Å². The summed E-state index contributed by atoms with van der Waals surface area (Å²) in [4.78, 5) is 18.7. The molecular formula is C21H25N3OS2. The van der Waals surface area contributed by atoms with Crippen LogP contribution in [-0.2, 0) is 17.6 Å². The van der Waals surface area contributed by atoms with Gasteiger partial charge in [-0.15, -0.1) is 22.7 Å². The third kappa shape index (κ3) is 5.40. The number of thiazole rings is 1. The first-order valence-electron chi connectivity index (χ1n) is 8.93. The van der Waals surface area contributed by atoms with Gasteiger partial charge in [-0.2, -0.15) is 0 Å². The summed E-state index contributed by atoms with van der Waals surface area (Å²) < 4.78 is 0. The Labute approximate surface area is 168 Å². The molecule has 2 aromatic heterocycles. The number of rotatable bonds is 6. The topological polar surface area (TPSA) is 68.0 Å². The molecule has 0 spiro atoms. The number of carbonyl (C=O) groups excluding carboxylic acids is 1. The first-order valence-corrected chi connectivity index (χ1v) is 10.7. The summed E-state index contributed by atoms with van der Waals surface area (Å²) in [5.74, 6) is 0.0259. The molecule has 27 heavy (non-hydrogen) atoms. The highest BCUT2D eigenvalue weighted by Crippen LogP contribution is 2.26. The van der Waals surface area contributed by atoms with Crippen LogP contribution in [0.2, 0.25) is 0 Å². The molecule has 0 bridgehead atoms. The highest BCUT2D eigenvalue weighted by Gasteiger charge is 2.26. The number of hydrogen-bond acceptors (Lipinski definition) is 5. The van der Waals surface area contributed by atoms with Crippen LogP contribution >= 0.6 is 22.7 Å². The summed E-state index contributed by atoms with van der Waals surface area (Å²) in [5.41, 5.74) is 8.25. The minimum atomic E-state index is -0.448. The number of nitrogens with two attached hydrogens (primary N) is 1. The SMILES string of the molecule is CC(C)(C)C(=O)N[C@@H](Cc1ccc(N)cc1)c1nc(Cc2cccs2)cs1. The van der Waals surface area contributed by atoms with E-state index in [-0.39, 0.29) is 11.9 Å². The van der Waals surface area contributed by atoms with Crippen LogP contribution in [0.25, 0.3) is 0 Å². The third-order valence-electron chi connectivity index (χ3n) is 4.21. The van der Waals surface area contributed by atoms with Gasteiger partial charge >= 0.3 is 0 Å². The number of nitrogens with one attached hydrogen (secondary N) is 1. The third-order valence-corrected chi connectivity index (χ3v) is 6.09. The molecule has 2 heterocycles. The van der Waals surface area contributed by atoms with Crippen molar-refractivity contribution in [2.45, 2.75) is 39.7 Å². The first kappa shape index (κ1) is 19.6. The van der Waals surface area contributed by atoms with Crippen LogP contribution in [0.4, 0.5) is 5.69 Å². The summed E-state index contributed by atoms with van der Waals surface area (Å²) in [7, 11) is 0. The van der Waals surface area contributed by atoms with Crippen LogP contribution in [0.1, 0.15) is 48.0 Å². The van der Waals surface area contributed by atoms with Gasteiger partial charge in [-0.1, -0.05) is 39.0 Å². The maximum absolute atomic E-state index is 12.6. The minimum absolute atomic E-state index is 0.0259. The lowest BCUT2D eigenvalue weighted by molar-refractivity contribution is -0.129. The highest BCUT2D eigenvalue weighted by molar-refractivity contribution is 7.10. The molecule has 0 fully saturated rings. The van der Waals surface area contributed by atoms with Gasteiger partial charge in [0.25, 0.3) is 0 Å². The molecule has 142 valence electrons. The number of carbonyl (C=O) groups is 1. The zero-order valence-corrected chi connectivity index (χ0v) is 17.5. The Bertz CT molecular complexity index is 877. The molecule has 0 saturated heterocycles. The van der Waals surface area contributed by atoms with E-state index in [9.17, 15) is 4.79 Å². The van der Waals surface area contributed by atoms with E-state index in [0.29, 0.717) is 6.42 Å². The number of thiophene rings is 1. The number of nitrogen functional groups attached to an aromatic ring is 1. The monoisotopic (exact) mass is 399 g/mol. The molecular weight excluding hydrogens is 374 g/mol. The van der Waals surface area contributed by atoms with Crippen molar-refractivity contribution in [3.05, 3.63) is 68.3 Å². The molecule has 0 aliphatic rings. The molecule has 1 aromatic carbocycles. The lowest BCUT2D eigenvalue weighted by Crippen LogP contribution is -2.38. The predicted molar refractivity (Wildman–Crippen MR) is 114 cm³/mol. The van der Waals surface area contributed by atoms with Crippen molar-refractivity contribution in [1.29, 1.82) is 0 Å². The van der Waals surface area contributed by atoms with Gasteiger partial charge in [-0.3, -0.25) is 4.79 Å². The summed E-state index contributed by atoms with van der Waals surface area (Å²) in [6.45, 7) is 5.77. The Morgan fingerprint density at radius 1 is 1.19 bits per heavy atom. The number of amides is 1. The van der Waals surface area contributed by atoms with E-state index in [1.54, 1.807) is 22.7 Å². The van der Waals surface area contributed by atoms with Gasteiger partial charge < -0.3 is 11.1 Å². The van der Waals surface area contributed by atoms with E-state index in [1.165, 1.54) is 4.88 Å². The summed E-state index contributed by atoms with van der Waals surface area (Å²) >= 11 is 3.35. The molecule has 1 amide bonds. The Kier molecular flexibility index (Phi) is 5.97. The fraction of sp³-hybridized carbons (Fsp3) is 0.333. The molecule has 4 nitrogen and oxygen atoms in total. The number of hydrogen-bond donors (Lipinski definition) is 2. The van der Waals surface area contributed by atoms with E-state index in [1.807, 2.05) is 45.0 Å². The van der Waals surface area contributed by atoms with Crippen molar-refractivity contribution in [2.75, 3.05) is 5.73 Å². The molecule has 1 atom stereocenters. The van der Waals surface area contributed by atoms with Crippen LogP contribution in [0.15, 0.2) is 47.2 Å². The van der Waals surface area contributed by atoms with Crippen LogP contribution in [0.3, 0.4) is 0 Å². The minimum Gasteiger partial charge on any atom is -0.399 e. The quantitative estimate of drug-likeness (QED) is 0.584. The molecule has 6 heteroatoms. The average Bonchev–Trinajstić information content (AvgIpc) is 3.28. The normalized spacial score (nSPS) is 12.7. The van der Waals surface area contributed by atoms with Crippen LogP contribution in [0, 0.1) is 5.41 Å². The standard InChI is InChI=1S/C21H25N3OS2/c1-21(2,3)20(25)24-18(11-14-6-8-15(22)9-7-14)19-23-16(13-27-19)12-17-5-4-10-26-17/h4-10,13,18H,11-12,22H2,1-3H3,(H,24,25)/t18-/m0/s1. The zero-order chi connectivity index (χ0) is 19.4. The molecule has 0 aliphatic carbocycles. The second-order valence-corrected chi connectivity index (χ2v) is 9.58. The second kappa shape index (κ2) is 8.23. The maximum Gasteiger partial charge on any atom is 0.225 e. The fourth-order valence-corrected chi connectivity index (χ4v) is 4.21. The fourth-order valence-electron chi connectivity index (χ4n) is 2.62. The predicted octanol–water partition coefficient (Wildman–Crippen LogP) is 4.82. The van der Waals surface area contributed by atoms with Gasteiger partial charge in [-0.05, 0) is 35.6 Å². The smallest absolute Gasteiger partial charge is 0.225 e. The molecule has 0 saturated carbocycles. The van der Waals surface area contributed by atoms with E-state index in [4.69, 9.17) is 10.7 Å². The molecule has 3 N–H and O–H groups in total. The van der Waals surface area contributed by atoms with Gasteiger partial charge in [0.05, 0.1) is 11.7 Å². The van der Waals surface area contributed by atoms with Crippen LogP contribution < -0.4 is 11.1 Å². The molecule has 0 unspecified atom stereocenters. The zero-order valence-electron chi connectivity index (χ0n) is 15.9. The number of anilines is 1. The Morgan fingerprint density at radius 3 is 2.56 bits per heavy atom. The van der Waals surface area contributed by atoms with Crippen LogP contribution in [-0.4, -0.2) is 10.9 Å². The van der Waals surface area contributed by atoms with Gasteiger partial charge in [0.1, 0.15) is 5.01 Å². The maximum atomic E-state index is 12.6. The molecule has 3 aromatic rings. The number of benzene rings is 1. The number of nitrogens with zero attached hydrogens (tertiary/aromatic N) is 1. The van der Waals surface area contributed by atoms with Gasteiger partial charge in [0.2, 0.25) is 5.91 Å². The lowest BCUT2D eigenvalue weighted by atomic mass is 9.94. The Hall–Kier alpha value is -2.18.